The first kappa shape index (κ1) is 29.5. The summed E-state index contributed by atoms with van der Waals surface area (Å²) >= 11 is 0. The van der Waals surface area contributed by atoms with Gasteiger partial charge in [0.15, 0.2) is 0 Å². The molecule has 5 atom stereocenters. The van der Waals surface area contributed by atoms with Crippen LogP contribution in [-0.4, -0.2) is 58.6 Å². The minimum atomic E-state index is -1.40. The molecule has 4 N–H and O–H groups in total. The lowest BCUT2D eigenvalue weighted by atomic mass is 9.91. The summed E-state index contributed by atoms with van der Waals surface area (Å²) in [5.41, 5.74) is 1.27. The first-order chi connectivity index (χ1) is 14.2. The fourth-order valence-electron chi connectivity index (χ4n) is 3.66. The summed E-state index contributed by atoms with van der Waals surface area (Å²) in [5, 5.41) is 37.3. The van der Waals surface area contributed by atoms with Gasteiger partial charge in [0, 0.05) is 0 Å². The Morgan fingerprint density at radius 1 is 0.800 bits per heavy atom. The van der Waals surface area contributed by atoms with Crippen molar-refractivity contribution in [3.05, 3.63) is 11.6 Å². The van der Waals surface area contributed by atoms with Crippen LogP contribution < -0.4 is 0 Å². The summed E-state index contributed by atoms with van der Waals surface area (Å²) < 4.78 is 5.35. The average molecular weight is 431 g/mol. The summed E-state index contributed by atoms with van der Waals surface area (Å²) in [5.74, 6) is 2.45. The van der Waals surface area contributed by atoms with E-state index in [0.29, 0.717) is 6.61 Å². The van der Waals surface area contributed by atoms with Crippen LogP contribution in [0.15, 0.2) is 11.6 Å². The van der Waals surface area contributed by atoms with E-state index in [4.69, 9.17) is 9.84 Å². The molecule has 5 unspecified atom stereocenters. The molecule has 0 rings (SSSR count). The predicted molar refractivity (Wildman–Crippen MR) is 124 cm³/mol. The Kier molecular flexibility index (Phi) is 17.9. The van der Waals surface area contributed by atoms with E-state index in [1.54, 1.807) is 0 Å². The van der Waals surface area contributed by atoms with Crippen molar-refractivity contribution in [3.8, 4) is 0 Å². The van der Waals surface area contributed by atoms with Crippen molar-refractivity contribution in [3.63, 3.8) is 0 Å². The molecule has 0 saturated heterocycles. The quantitative estimate of drug-likeness (QED) is 0.179. The SMILES string of the molecule is C/C(=C\COCC(O)C(O)C(O)CO)CCCC(C)CCCC(C)CCCC(C)C. The van der Waals surface area contributed by atoms with Crippen LogP contribution in [0, 0.1) is 17.8 Å². The Labute approximate surface area is 185 Å². The second-order valence-electron chi connectivity index (χ2n) is 9.75. The second kappa shape index (κ2) is 18.1. The van der Waals surface area contributed by atoms with Gasteiger partial charge in [-0.05, 0) is 37.5 Å². The Morgan fingerprint density at radius 3 is 1.87 bits per heavy atom. The molecule has 0 radical (unpaired) electrons. The summed E-state index contributed by atoms with van der Waals surface area (Å²) in [6.45, 7) is 11.2. The molecule has 0 aromatic carbocycles. The minimum absolute atomic E-state index is 0.0745. The fraction of sp³-hybridized carbons (Fsp3) is 0.920. The van der Waals surface area contributed by atoms with Gasteiger partial charge in [-0.3, -0.25) is 0 Å². The van der Waals surface area contributed by atoms with Crippen LogP contribution >= 0.6 is 0 Å². The third-order valence-electron chi connectivity index (χ3n) is 5.95. The number of hydrogen-bond donors (Lipinski definition) is 4. The van der Waals surface area contributed by atoms with Crippen LogP contribution in [0.3, 0.4) is 0 Å². The lowest BCUT2D eigenvalue weighted by Crippen LogP contribution is -2.41. The Balaban J connectivity index is 3.77. The van der Waals surface area contributed by atoms with E-state index in [0.717, 1.165) is 24.2 Å². The molecule has 0 amide bonds. The average Bonchev–Trinajstić information content (AvgIpc) is 2.69. The molecule has 0 fully saturated rings. The Bertz CT molecular complexity index is 424. The van der Waals surface area contributed by atoms with Gasteiger partial charge in [0.2, 0.25) is 0 Å². The molecule has 30 heavy (non-hydrogen) atoms. The smallest absolute Gasteiger partial charge is 0.110 e. The maximum atomic E-state index is 9.69. The van der Waals surface area contributed by atoms with Crippen molar-refractivity contribution in [2.24, 2.45) is 17.8 Å². The lowest BCUT2D eigenvalue weighted by molar-refractivity contribution is -0.0974. The number of aliphatic hydroxyl groups excluding tert-OH is 4. The van der Waals surface area contributed by atoms with Gasteiger partial charge in [-0.15, -0.1) is 0 Å². The summed E-state index contributed by atoms with van der Waals surface area (Å²) in [4.78, 5) is 0. The van der Waals surface area contributed by atoms with E-state index in [-0.39, 0.29) is 6.61 Å². The molecule has 0 aliphatic carbocycles. The van der Waals surface area contributed by atoms with Crippen molar-refractivity contribution >= 4 is 0 Å². The van der Waals surface area contributed by atoms with Gasteiger partial charge in [0.1, 0.15) is 18.3 Å². The zero-order valence-electron chi connectivity index (χ0n) is 20.2. The largest absolute Gasteiger partial charge is 0.394 e. The molecule has 0 aliphatic heterocycles. The third kappa shape index (κ3) is 16.3. The second-order valence-corrected chi connectivity index (χ2v) is 9.75. The number of allylic oxidation sites excluding steroid dienone is 1. The number of ether oxygens (including phenoxy) is 1. The maximum Gasteiger partial charge on any atom is 0.110 e. The molecule has 0 bridgehead atoms. The number of rotatable bonds is 19. The normalized spacial score (nSPS) is 17.7. The Morgan fingerprint density at radius 2 is 1.33 bits per heavy atom. The molecule has 0 saturated carbocycles. The molecule has 0 aliphatic rings. The molecule has 0 aromatic rings. The monoisotopic (exact) mass is 430 g/mol. The first-order valence-electron chi connectivity index (χ1n) is 12.1. The highest BCUT2D eigenvalue weighted by atomic mass is 16.5. The van der Waals surface area contributed by atoms with Gasteiger partial charge < -0.3 is 25.2 Å². The van der Waals surface area contributed by atoms with Crippen LogP contribution in [0.4, 0.5) is 0 Å². The van der Waals surface area contributed by atoms with Gasteiger partial charge in [0.25, 0.3) is 0 Å². The van der Waals surface area contributed by atoms with Crippen LogP contribution in [0.2, 0.25) is 0 Å². The highest BCUT2D eigenvalue weighted by molar-refractivity contribution is 4.97. The molecule has 0 aromatic heterocycles. The van der Waals surface area contributed by atoms with Crippen LogP contribution in [0.5, 0.6) is 0 Å². The fourth-order valence-corrected chi connectivity index (χ4v) is 3.66. The van der Waals surface area contributed by atoms with Crippen molar-refractivity contribution < 1.29 is 25.2 Å². The van der Waals surface area contributed by atoms with Crippen molar-refractivity contribution in [2.75, 3.05) is 19.8 Å². The topological polar surface area (TPSA) is 90.2 Å². The van der Waals surface area contributed by atoms with E-state index in [1.807, 2.05) is 6.08 Å². The van der Waals surface area contributed by atoms with Crippen molar-refractivity contribution in [1.29, 1.82) is 0 Å². The van der Waals surface area contributed by atoms with E-state index in [1.165, 1.54) is 56.9 Å². The van der Waals surface area contributed by atoms with Gasteiger partial charge in [-0.2, -0.15) is 0 Å². The van der Waals surface area contributed by atoms with Crippen LogP contribution in [0.25, 0.3) is 0 Å². The zero-order valence-corrected chi connectivity index (χ0v) is 20.2. The molecule has 5 heteroatoms. The van der Waals surface area contributed by atoms with E-state index < -0.39 is 24.9 Å². The van der Waals surface area contributed by atoms with Crippen molar-refractivity contribution in [2.45, 2.75) is 111 Å². The molecular formula is C25H50O5. The first-order valence-corrected chi connectivity index (χ1v) is 12.1. The summed E-state index contributed by atoms with van der Waals surface area (Å²) in [6.07, 6.45) is 9.63. The van der Waals surface area contributed by atoms with Crippen molar-refractivity contribution in [1.82, 2.24) is 0 Å². The molecule has 5 nitrogen and oxygen atoms in total. The predicted octanol–water partition coefficient (Wildman–Crippen LogP) is 4.46. The summed E-state index contributed by atoms with van der Waals surface area (Å²) in [6, 6.07) is 0. The minimum Gasteiger partial charge on any atom is -0.394 e. The lowest BCUT2D eigenvalue weighted by Gasteiger charge is -2.21. The van der Waals surface area contributed by atoms with E-state index in [2.05, 4.69) is 34.6 Å². The van der Waals surface area contributed by atoms with Gasteiger partial charge in [-0.25, -0.2) is 0 Å². The standard InChI is InChI=1S/C25H50O5/c1-19(2)9-6-10-20(3)11-7-12-21(4)13-8-14-22(5)15-16-30-18-24(28)25(29)23(27)17-26/h15,19-21,23-29H,6-14,16-18H2,1-5H3/b22-15+. The maximum absolute atomic E-state index is 9.69. The highest BCUT2D eigenvalue weighted by Gasteiger charge is 2.23. The van der Waals surface area contributed by atoms with E-state index >= 15 is 0 Å². The van der Waals surface area contributed by atoms with Gasteiger partial charge in [-0.1, -0.05) is 84.3 Å². The van der Waals surface area contributed by atoms with Gasteiger partial charge >= 0.3 is 0 Å². The molecular weight excluding hydrogens is 380 g/mol. The number of aliphatic hydroxyl groups is 4. The zero-order chi connectivity index (χ0) is 22.9. The van der Waals surface area contributed by atoms with Gasteiger partial charge in [0.05, 0.1) is 19.8 Å². The third-order valence-corrected chi connectivity index (χ3v) is 5.95. The van der Waals surface area contributed by atoms with Crippen LogP contribution in [0.1, 0.15) is 92.4 Å². The van der Waals surface area contributed by atoms with Crippen LogP contribution in [-0.2, 0) is 4.74 Å². The molecule has 0 heterocycles. The van der Waals surface area contributed by atoms with E-state index in [9.17, 15) is 15.3 Å². The summed E-state index contributed by atoms with van der Waals surface area (Å²) in [7, 11) is 0. The molecule has 180 valence electrons. The highest BCUT2D eigenvalue weighted by Crippen LogP contribution is 2.22. The molecule has 0 spiro atoms. The number of hydrogen-bond acceptors (Lipinski definition) is 5. The Hall–Kier alpha value is -0.460.